The van der Waals surface area contributed by atoms with Crippen molar-refractivity contribution in [1.82, 2.24) is 9.62 Å². The zero-order valence-corrected chi connectivity index (χ0v) is 13.3. The number of sulfonamides is 1. The zero-order chi connectivity index (χ0) is 16.4. The summed E-state index contributed by atoms with van der Waals surface area (Å²) in [6.45, 7) is 4.93. The molecular weight excluding hydrogens is 297 g/mol. The van der Waals surface area contributed by atoms with Crippen molar-refractivity contribution in [3.05, 3.63) is 24.0 Å². The number of rotatable bonds is 4. The summed E-state index contributed by atoms with van der Waals surface area (Å²) < 4.78 is 39.0. The second-order valence-corrected chi connectivity index (χ2v) is 7.76. The number of nitrogen functional groups attached to an aromatic ring is 1. The maximum Gasteiger partial charge on any atom is 0.246 e. The predicted molar refractivity (Wildman–Crippen MR) is 78.5 cm³/mol. The van der Waals surface area contributed by atoms with Crippen LogP contribution in [0.1, 0.15) is 20.8 Å². The molecule has 0 heterocycles. The molecule has 0 saturated heterocycles. The quantitative estimate of drug-likeness (QED) is 0.809. The fourth-order valence-corrected chi connectivity index (χ4v) is 2.81. The summed E-state index contributed by atoms with van der Waals surface area (Å²) in [7, 11) is -2.88. The Morgan fingerprint density at radius 2 is 1.95 bits per heavy atom. The molecule has 1 amide bonds. The van der Waals surface area contributed by atoms with Crippen LogP contribution in [0.5, 0.6) is 0 Å². The maximum atomic E-state index is 13.7. The van der Waals surface area contributed by atoms with Crippen LogP contribution in [0.2, 0.25) is 0 Å². The molecule has 0 aliphatic rings. The number of nitrogens with one attached hydrogen (secondary N) is 1. The minimum absolute atomic E-state index is 0.125. The summed E-state index contributed by atoms with van der Waals surface area (Å²) in [6.07, 6.45) is 0. The zero-order valence-electron chi connectivity index (χ0n) is 12.5. The van der Waals surface area contributed by atoms with E-state index in [0.29, 0.717) is 0 Å². The molecule has 8 heteroatoms. The molecule has 3 N–H and O–H groups in total. The smallest absolute Gasteiger partial charge is 0.246 e. The standard InChI is InChI=1S/C13H20FN3O3S/c1-13(2,3)16-12(18)8-17(4)21(19,20)11-6-5-9(15)7-10(11)14/h5-7H,8,15H2,1-4H3,(H,16,18). The number of halogens is 1. The number of carbonyl (C=O) groups excluding carboxylic acids is 1. The lowest BCUT2D eigenvalue weighted by molar-refractivity contribution is -0.122. The molecule has 118 valence electrons. The Kier molecular flexibility index (Phi) is 4.95. The number of benzene rings is 1. The number of likely N-dealkylation sites (N-methyl/N-ethyl adjacent to an activating group) is 1. The number of hydrogen-bond donors (Lipinski definition) is 2. The van der Waals surface area contributed by atoms with E-state index in [2.05, 4.69) is 5.32 Å². The number of nitrogens with zero attached hydrogens (tertiary/aromatic N) is 1. The van der Waals surface area contributed by atoms with Gasteiger partial charge in [0.15, 0.2) is 0 Å². The first-order valence-electron chi connectivity index (χ1n) is 6.26. The molecule has 0 aromatic heterocycles. The first-order valence-corrected chi connectivity index (χ1v) is 7.70. The van der Waals surface area contributed by atoms with Gasteiger partial charge in [-0.3, -0.25) is 4.79 Å². The van der Waals surface area contributed by atoms with Crippen molar-refractivity contribution < 1.29 is 17.6 Å². The molecule has 0 bridgehead atoms. The Labute approximate surface area is 124 Å². The van der Waals surface area contributed by atoms with Gasteiger partial charge in [0.25, 0.3) is 0 Å². The highest BCUT2D eigenvalue weighted by molar-refractivity contribution is 7.89. The maximum absolute atomic E-state index is 13.7. The minimum atomic E-state index is -4.10. The van der Waals surface area contributed by atoms with Gasteiger partial charge in [0.2, 0.25) is 15.9 Å². The SMILES string of the molecule is CN(CC(=O)NC(C)(C)C)S(=O)(=O)c1ccc(N)cc1F. The Balaban J connectivity index is 2.95. The summed E-state index contributed by atoms with van der Waals surface area (Å²) in [5.41, 5.74) is 5.03. The van der Waals surface area contributed by atoms with Crippen molar-refractivity contribution in [3.63, 3.8) is 0 Å². The topological polar surface area (TPSA) is 92.5 Å². The number of nitrogens with two attached hydrogens (primary N) is 1. The summed E-state index contributed by atoms with van der Waals surface area (Å²) in [5.74, 6) is -1.41. The van der Waals surface area contributed by atoms with Gasteiger partial charge in [0, 0.05) is 18.3 Å². The van der Waals surface area contributed by atoms with E-state index in [1.807, 2.05) is 0 Å². The lowest BCUT2D eigenvalue weighted by Crippen LogP contribution is -2.46. The van der Waals surface area contributed by atoms with Crippen molar-refractivity contribution >= 4 is 21.6 Å². The number of hydrogen-bond acceptors (Lipinski definition) is 4. The number of amides is 1. The number of carbonyl (C=O) groups is 1. The molecule has 0 aliphatic carbocycles. The average Bonchev–Trinajstić information content (AvgIpc) is 2.25. The van der Waals surface area contributed by atoms with Gasteiger partial charge >= 0.3 is 0 Å². The molecule has 1 aromatic rings. The van der Waals surface area contributed by atoms with E-state index < -0.39 is 38.7 Å². The molecule has 6 nitrogen and oxygen atoms in total. The van der Waals surface area contributed by atoms with E-state index in [9.17, 15) is 17.6 Å². The van der Waals surface area contributed by atoms with Crippen LogP contribution in [0.4, 0.5) is 10.1 Å². The summed E-state index contributed by atoms with van der Waals surface area (Å²) in [6, 6.07) is 3.30. The lowest BCUT2D eigenvalue weighted by Gasteiger charge is -2.23. The molecule has 0 fully saturated rings. The monoisotopic (exact) mass is 317 g/mol. The van der Waals surface area contributed by atoms with Crippen LogP contribution in [0.25, 0.3) is 0 Å². The van der Waals surface area contributed by atoms with Gasteiger partial charge in [-0.15, -0.1) is 0 Å². The molecule has 0 unspecified atom stereocenters. The average molecular weight is 317 g/mol. The normalized spacial score (nSPS) is 12.5. The molecule has 1 rings (SSSR count). The highest BCUT2D eigenvalue weighted by Gasteiger charge is 2.27. The first-order chi connectivity index (χ1) is 9.43. The molecule has 21 heavy (non-hydrogen) atoms. The molecule has 0 saturated carbocycles. The predicted octanol–water partition coefficient (Wildman–Crippen LogP) is 0.943. The summed E-state index contributed by atoms with van der Waals surface area (Å²) >= 11 is 0. The fraction of sp³-hybridized carbons (Fsp3) is 0.462. The van der Waals surface area contributed by atoms with Crippen LogP contribution < -0.4 is 11.1 Å². The van der Waals surface area contributed by atoms with Crippen LogP contribution in [-0.4, -0.2) is 37.8 Å². The van der Waals surface area contributed by atoms with Crippen molar-refractivity contribution in [2.75, 3.05) is 19.3 Å². The van der Waals surface area contributed by atoms with E-state index >= 15 is 0 Å². The highest BCUT2D eigenvalue weighted by Crippen LogP contribution is 2.20. The van der Waals surface area contributed by atoms with Gasteiger partial charge in [-0.1, -0.05) is 0 Å². The van der Waals surface area contributed by atoms with E-state index in [4.69, 9.17) is 5.73 Å². The van der Waals surface area contributed by atoms with E-state index in [1.54, 1.807) is 20.8 Å². The summed E-state index contributed by atoms with van der Waals surface area (Å²) in [4.78, 5) is 11.2. The van der Waals surface area contributed by atoms with Crippen molar-refractivity contribution in [1.29, 1.82) is 0 Å². The Morgan fingerprint density at radius 3 is 2.43 bits per heavy atom. The Morgan fingerprint density at radius 1 is 1.38 bits per heavy atom. The van der Waals surface area contributed by atoms with E-state index in [0.717, 1.165) is 16.4 Å². The molecule has 0 radical (unpaired) electrons. The van der Waals surface area contributed by atoms with Crippen molar-refractivity contribution in [2.24, 2.45) is 0 Å². The Hall–Kier alpha value is -1.67. The third-order valence-electron chi connectivity index (χ3n) is 2.52. The fourth-order valence-electron chi connectivity index (χ4n) is 1.64. The minimum Gasteiger partial charge on any atom is -0.399 e. The molecule has 0 atom stereocenters. The van der Waals surface area contributed by atoms with Crippen molar-refractivity contribution in [3.8, 4) is 0 Å². The lowest BCUT2D eigenvalue weighted by atomic mass is 10.1. The van der Waals surface area contributed by atoms with Gasteiger partial charge in [-0.05, 0) is 39.0 Å². The van der Waals surface area contributed by atoms with Gasteiger partial charge in [-0.25, -0.2) is 12.8 Å². The van der Waals surface area contributed by atoms with Crippen LogP contribution in [0.3, 0.4) is 0 Å². The molecule has 0 aliphatic heterocycles. The molecule has 0 spiro atoms. The van der Waals surface area contributed by atoms with E-state index in [1.165, 1.54) is 13.1 Å². The first kappa shape index (κ1) is 17.4. The third kappa shape index (κ3) is 4.68. The van der Waals surface area contributed by atoms with Crippen LogP contribution in [-0.2, 0) is 14.8 Å². The van der Waals surface area contributed by atoms with Crippen LogP contribution in [0.15, 0.2) is 23.1 Å². The van der Waals surface area contributed by atoms with Gasteiger partial charge in [0.05, 0.1) is 6.54 Å². The summed E-state index contributed by atoms with van der Waals surface area (Å²) in [5, 5.41) is 2.64. The van der Waals surface area contributed by atoms with Gasteiger partial charge in [-0.2, -0.15) is 4.31 Å². The third-order valence-corrected chi connectivity index (χ3v) is 4.36. The van der Waals surface area contributed by atoms with E-state index in [-0.39, 0.29) is 5.69 Å². The van der Waals surface area contributed by atoms with Gasteiger partial charge in [0.1, 0.15) is 10.7 Å². The Bertz CT molecular complexity index is 639. The highest BCUT2D eigenvalue weighted by atomic mass is 32.2. The largest absolute Gasteiger partial charge is 0.399 e. The van der Waals surface area contributed by atoms with Crippen LogP contribution >= 0.6 is 0 Å². The van der Waals surface area contributed by atoms with Crippen molar-refractivity contribution in [2.45, 2.75) is 31.2 Å². The van der Waals surface area contributed by atoms with Crippen LogP contribution in [0, 0.1) is 5.82 Å². The molecular formula is C13H20FN3O3S. The number of anilines is 1. The second-order valence-electron chi connectivity index (χ2n) is 5.75. The second kappa shape index (κ2) is 5.98. The molecule has 1 aromatic carbocycles. The van der Waals surface area contributed by atoms with Gasteiger partial charge < -0.3 is 11.1 Å².